The van der Waals surface area contributed by atoms with Crippen molar-refractivity contribution in [3.8, 4) is 0 Å². The highest BCUT2D eigenvalue weighted by Crippen LogP contribution is 2.20. The molecule has 93 heavy (non-hydrogen) atoms. The van der Waals surface area contributed by atoms with E-state index in [1.165, 1.54) is 77.7 Å². The van der Waals surface area contributed by atoms with Gasteiger partial charge in [0, 0.05) is 81.2 Å². The maximum absolute atomic E-state index is 14.7. The Morgan fingerprint density at radius 1 is 0.548 bits per heavy atom. The summed E-state index contributed by atoms with van der Waals surface area (Å²) < 4.78 is 0. The minimum Gasteiger partial charge on any atom is -0.368 e. The number of fused-ring (bicyclic) bond motifs is 1. The van der Waals surface area contributed by atoms with Crippen molar-refractivity contribution in [1.82, 2.24) is 68.2 Å². The van der Waals surface area contributed by atoms with Gasteiger partial charge in [-0.25, -0.2) is 4.98 Å². The van der Waals surface area contributed by atoms with Gasteiger partial charge < -0.3 is 69.0 Å². The number of benzene rings is 2. The number of H-pyrrole nitrogens is 2. The third kappa shape index (κ3) is 32.3. The van der Waals surface area contributed by atoms with E-state index in [-0.39, 0.29) is 51.1 Å². The molecular weight excluding hydrogens is 1190 g/mol. The number of para-hydroxylation sites is 1. The summed E-state index contributed by atoms with van der Waals surface area (Å²) in [6.45, 7) is 7.54. The van der Waals surface area contributed by atoms with E-state index in [1.807, 2.05) is 31.2 Å². The summed E-state index contributed by atoms with van der Waals surface area (Å²) >= 11 is 0. The third-order valence-electron chi connectivity index (χ3n) is 15.6. The topological polar surface area (TPSA) is 374 Å². The van der Waals surface area contributed by atoms with Crippen molar-refractivity contribution in [2.45, 2.75) is 218 Å². The van der Waals surface area contributed by atoms with Gasteiger partial charge in [-0.3, -0.25) is 47.9 Å². The fourth-order valence-corrected chi connectivity index (χ4v) is 10.3. The first-order valence-electron chi connectivity index (χ1n) is 33.3. The van der Waals surface area contributed by atoms with Crippen molar-refractivity contribution in [2.75, 3.05) is 26.2 Å². The highest BCUT2D eigenvalue weighted by molar-refractivity contribution is 6.26. The molecule has 14 N–H and O–H groups in total. The second-order valence-electron chi connectivity index (χ2n) is 23.6. The standard InChI is InChI=1S/C68H103N15O10/c1-5-7-9-10-11-12-13-14-15-16-17-18-19-20-24-36-60(85)71-38-29-39-73-62(87)46-77-76-45-61(86)72-37-28-27-35-56(66(91)81-57(63(69)88)41-51-43-74-54-34-26-25-32-53(51)54)80-67(92)58(40-50-30-22-21-23-31-50)83-68(93)59(42-52-44-70-47-75-52)82-64(89)48(3)78-65(90)55(33-8-6-2)79-49(4)84/h14-15,21-23,25-26,30-32,34,43-44,46-48,55-59,74,76H,5-13,16-20,24,27-29,33,35-42,45H2,1-4H3,(H2,69,88)(H,70,75)(H,71,85)(H,72,86)(H,73,87)(H,78,90)(H,79,84)(H,80,92)(H,81,91)(H,82,89)(H,83,93)/b15-14+,77-46+/t48-,55-,56-,57-,58+,59-/m0/s1. The summed E-state index contributed by atoms with van der Waals surface area (Å²) in [6, 6.07) is 8.97. The average Bonchev–Trinajstić information content (AvgIpc) is 1.76. The number of nitrogens with two attached hydrogens (primary N) is 1. The number of aromatic nitrogens is 3. The first kappa shape index (κ1) is 76.6. The van der Waals surface area contributed by atoms with Gasteiger partial charge >= 0.3 is 0 Å². The van der Waals surface area contributed by atoms with Crippen molar-refractivity contribution >= 4 is 76.2 Å². The number of allylic oxidation sites excluding steroid dienone is 2. The molecule has 0 unspecified atom stereocenters. The van der Waals surface area contributed by atoms with Gasteiger partial charge in [-0.2, -0.15) is 5.10 Å². The largest absolute Gasteiger partial charge is 0.368 e. The van der Waals surface area contributed by atoms with Gasteiger partial charge in [-0.15, -0.1) is 0 Å². The average molecular weight is 1290 g/mol. The summed E-state index contributed by atoms with van der Waals surface area (Å²) in [5.41, 5.74) is 11.0. The normalized spacial score (nSPS) is 13.2. The molecule has 2 aromatic carbocycles. The van der Waals surface area contributed by atoms with Crippen LogP contribution in [0.1, 0.15) is 179 Å². The van der Waals surface area contributed by atoms with Crippen LogP contribution in [0.3, 0.4) is 0 Å². The zero-order chi connectivity index (χ0) is 67.4. The number of primary amides is 1. The number of nitrogens with zero attached hydrogens (tertiary/aromatic N) is 2. The van der Waals surface area contributed by atoms with Crippen molar-refractivity contribution < 1.29 is 47.9 Å². The minimum absolute atomic E-state index is 0.00338. The fraction of sp³-hybridized carbons (Fsp3) is 0.559. The number of rotatable bonds is 49. The van der Waals surface area contributed by atoms with Crippen molar-refractivity contribution in [3.63, 3.8) is 0 Å². The third-order valence-corrected chi connectivity index (χ3v) is 15.6. The number of carbonyl (C=O) groups excluding carboxylic acids is 10. The van der Waals surface area contributed by atoms with Crippen molar-refractivity contribution in [1.29, 1.82) is 0 Å². The predicted octanol–water partition coefficient (Wildman–Crippen LogP) is 5.06. The molecule has 0 aliphatic heterocycles. The number of carbonyl (C=O) groups is 10. The summed E-state index contributed by atoms with van der Waals surface area (Å²) in [5.74, 6) is -5.78. The Hall–Kier alpha value is -8.90. The molecule has 4 aromatic rings. The number of aromatic amines is 2. The second kappa shape index (κ2) is 45.4. The lowest BCUT2D eigenvalue weighted by Gasteiger charge is -2.27. The summed E-state index contributed by atoms with van der Waals surface area (Å²) in [6.07, 6.45) is 28.9. The van der Waals surface area contributed by atoms with Gasteiger partial charge in [0.1, 0.15) is 49.0 Å². The smallest absolute Gasteiger partial charge is 0.264 e. The molecule has 10 amide bonds. The van der Waals surface area contributed by atoms with E-state index >= 15 is 0 Å². The fourth-order valence-electron chi connectivity index (χ4n) is 10.3. The Bertz CT molecular complexity index is 2970. The van der Waals surface area contributed by atoms with Crippen LogP contribution in [0, 0.1) is 0 Å². The maximum atomic E-state index is 14.7. The van der Waals surface area contributed by atoms with Crippen molar-refractivity contribution in [3.05, 3.63) is 102 Å². The van der Waals surface area contributed by atoms with E-state index in [2.05, 4.69) is 92.4 Å². The SMILES string of the molecule is CCCCCCCC/C=C/CCCCCCCC(=O)NCCCNC(=O)/C=N/NCC(=O)NCCCC[C@H](NC(=O)[C@@H](Cc1ccccc1)NC(=O)[C@H](Cc1cnc[nH]1)NC(=O)[C@H](C)NC(=O)[C@H](CCCC)NC(C)=O)C(=O)N[C@@H](Cc1c[nH]c2ccccc12)C(N)=O. The van der Waals surface area contributed by atoms with Gasteiger partial charge in [-0.1, -0.05) is 139 Å². The van der Waals surface area contributed by atoms with E-state index in [1.54, 1.807) is 36.5 Å². The van der Waals surface area contributed by atoms with E-state index in [4.69, 9.17) is 5.73 Å². The first-order chi connectivity index (χ1) is 45.0. The van der Waals surface area contributed by atoms with Gasteiger partial charge in [0.15, 0.2) is 0 Å². The number of amides is 10. The number of nitrogens with one attached hydrogen (secondary N) is 12. The summed E-state index contributed by atoms with van der Waals surface area (Å²) in [5, 5.41) is 29.3. The maximum Gasteiger partial charge on any atom is 0.264 e. The number of unbranched alkanes of at least 4 members (excludes halogenated alkanes) is 13. The van der Waals surface area contributed by atoms with Gasteiger partial charge in [0.05, 0.1) is 6.33 Å². The number of hydrogen-bond donors (Lipinski definition) is 13. The Kier molecular flexibility index (Phi) is 37.4. The molecule has 0 fully saturated rings. The molecular formula is C68H103N15O10. The van der Waals surface area contributed by atoms with E-state index < -0.39 is 89.4 Å². The molecule has 0 spiro atoms. The Labute approximate surface area is 547 Å². The summed E-state index contributed by atoms with van der Waals surface area (Å²) in [7, 11) is 0. The lowest BCUT2D eigenvalue weighted by molar-refractivity contribution is -0.135. The van der Waals surface area contributed by atoms with Crippen LogP contribution in [0.15, 0.2) is 90.6 Å². The molecule has 0 bridgehead atoms. The molecule has 2 heterocycles. The van der Waals surface area contributed by atoms with Crippen LogP contribution < -0.4 is 59.0 Å². The Balaban J connectivity index is 1.30. The first-order valence-corrected chi connectivity index (χ1v) is 33.3. The molecule has 0 saturated carbocycles. The molecule has 0 radical (unpaired) electrons. The molecule has 6 atom stereocenters. The van der Waals surface area contributed by atoms with Crippen LogP contribution in [0.25, 0.3) is 10.9 Å². The van der Waals surface area contributed by atoms with Crippen LogP contribution in [0.5, 0.6) is 0 Å². The van der Waals surface area contributed by atoms with E-state index in [0.29, 0.717) is 62.0 Å². The number of hydrogen-bond acceptors (Lipinski definition) is 13. The van der Waals surface area contributed by atoms with Gasteiger partial charge in [0.2, 0.25) is 53.2 Å². The molecule has 25 nitrogen and oxygen atoms in total. The number of imidazole rings is 1. The monoisotopic (exact) mass is 1290 g/mol. The van der Waals surface area contributed by atoms with Crippen LogP contribution >= 0.6 is 0 Å². The lowest BCUT2D eigenvalue weighted by atomic mass is 10.0. The highest BCUT2D eigenvalue weighted by atomic mass is 16.2. The van der Waals surface area contributed by atoms with Gasteiger partial charge in [0.25, 0.3) is 5.91 Å². The molecule has 0 aliphatic carbocycles. The highest BCUT2D eigenvalue weighted by Gasteiger charge is 2.33. The zero-order valence-electron chi connectivity index (χ0n) is 55.0. The molecule has 25 heteroatoms. The number of hydrazone groups is 1. The van der Waals surface area contributed by atoms with E-state index in [0.717, 1.165) is 55.6 Å². The van der Waals surface area contributed by atoms with Crippen LogP contribution in [0.4, 0.5) is 0 Å². The van der Waals surface area contributed by atoms with Crippen LogP contribution in [-0.4, -0.2) is 143 Å². The van der Waals surface area contributed by atoms with Gasteiger partial charge in [-0.05, 0) is 88.3 Å². The van der Waals surface area contributed by atoms with E-state index in [9.17, 15) is 47.9 Å². The molecule has 0 aliphatic rings. The molecule has 0 saturated heterocycles. The van der Waals surface area contributed by atoms with Crippen LogP contribution in [-0.2, 0) is 67.2 Å². The van der Waals surface area contributed by atoms with Crippen molar-refractivity contribution in [2.24, 2.45) is 10.8 Å². The second-order valence-corrected chi connectivity index (χ2v) is 23.6. The predicted molar refractivity (Wildman–Crippen MR) is 360 cm³/mol. The molecule has 2 aromatic heterocycles. The summed E-state index contributed by atoms with van der Waals surface area (Å²) in [4.78, 5) is 143. The molecule has 510 valence electrons. The Morgan fingerprint density at radius 3 is 1.81 bits per heavy atom. The van der Waals surface area contributed by atoms with Crippen LogP contribution in [0.2, 0.25) is 0 Å². The quantitative estimate of drug-likeness (QED) is 0.0119. The Morgan fingerprint density at radius 2 is 1.12 bits per heavy atom. The zero-order valence-corrected chi connectivity index (χ0v) is 55.0. The molecule has 4 rings (SSSR count). The minimum atomic E-state index is -1.35. The lowest BCUT2D eigenvalue weighted by Crippen LogP contribution is -2.60.